The maximum absolute atomic E-state index is 12.6. The van der Waals surface area contributed by atoms with Crippen molar-refractivity contribution in [2.45, 2.75) is 44.2 Å². The molecule has 12 heteroatoms. The van der Waals surface area contributed by atoms with Gasteiger partial charge in [-0.3, -0.25) is 9.69 Å². The van der Waals surface area contributed by atoms with Gasteiger partial charge in [0.25, 0.3) is 0 Å². The molecule has 2 aromatic rings. The number of aliphatic carboxylic acids is 1. The number of benzene rings is 1. The van der Waals surface area contributed by atoms with E-state index in [4.69, 9.17) is 19.4 Å². The summed E-state index contributed by atoms with van der Waals surface area (Å²) in [7, 11) is 0. The van der Waals surface area contributed by atoms with Crippen molar-refractivity contribution in [3.05, 3.63) is 42.0 Å². The SMILES string of the molecule is O=C(NC1CC1)C1CN(Cc2ccc3c(c2)OCO3)Cc2cncn21.O=C(O)C(F)(F)F. The highest BCUT2D eigenvalue weighted by atomic mass is 19.4. The van der Waals surface area contributed by atoms with Gasteiger partial charge in [0.2, 0.25) is 12.7 Å². The van der Waals surface area contributed by atoms with Crippen molar-refractivity contribution in [3.8, 4) is 11.5 Å². The average Bonchev–Trinajstić information content (AvgIpc) is 3.22. The summed E-state index contributed by atoms with van der Waals surface area (Å²) in [5.74, 6) is -1.07. The van der Waals surface area contributed by atoms with Gasteiger partial charge in [0.1, 0.15) is 6.04 Å². The van der Waals surface area contributed by atoms with Crippen LogP contribution in [-0.2, 0) is 22.7 Å². The Morgan fingerprint density at radius 3 is 2.62 bits per heavy atom. The zero-order chi connectivity index (χ0) is 22.9. The molecule has 9 nitrogen and oxygen atoms in total. The first kappa shape index (κ1) is 21.9. The predicted molar refractivity (Wildman–Crippen MR) is 103 cm³/mol. The van der Waals surface area contributed by atoms with Crippen molar-refractivity contribution in [2.75, 3.05) is 13.3 Å². The van der Waals surface area contributed by atoms with E-state index < -0.39 is 12.1 Å². The van der Waals surface area contributed by atoms with Crippen LogP contribution in [0, 0.1) is 0 Å². The van der Waals surface area contributed by atoms with Gasteiger partial charge < -0.3 is 24.5 Å². The van der Waals surface area contributed by atoms with Gasteiger partial charge in [0.05, 0.1) is 12.0 Å². The standard InChI is InChI=1S/C18H20N4O3.C2HF3O2/c23-18(20-13-2-3-13)15-9-21(8-14-6-19-10-22(14)15)7-12-1-4-16-17(5-12)25-11-24-16;3-2(4,5)1(6)7/h1,4-6,10,13,15H,2-3,7-9,11H2,(H,20,23);(H,6,7). The summed E-state index contributed by atoms with van der Waals surface area (Å²) < 4.78 is 44.6. The van der Waals surface area contributed by atoms with Gasteiger partial charge in [-0.05, 0) is 30.5 Å². The quantitative estimate of drug-likeness (QED) is 0.729. The molecule has 1 unspecified atom stereocenters. The van der Waals surface area contributed by atoms with Gasteiger partial charge >= 0.3 is 12.1 Å². The molecule has 1 saturated carbocycles. The summed E-state index contributed by atoms with van der Waals surface area (Å²) in [5.41, 5.74) is 2.22. The summed E-state index contributed by atoms with van der Waals surface area (Å²) in [6.07, 6.45) is 0.722. The molecule has 0 spiro atoms. The minimum Gasteiger partial charge on any atom is -0.475 e. The molecule has 1 fully saturated rings. The Labute approximate surface area is 180 Å². The number of nitrogens with one attached hydrogen (secondary N) is 1. The molecule has 1 atom stereocenters. The van der Waals surface area contributed by atoms with Crippen molar-refractivity contribution in [3.63, 3.8) is 0 Å². The van der Waals surface area contributed by atoms with Crippen LogP contribution in [0.5, 0.6) is 11.5 Å². The molecule has 0 saturated heterocycles. The highest BCUT2D eigenvalue weighted by Crippen LogP contribution is 2.33. The second-order valence-corrected chi connectivity index (χ2v) is 7.75. The van der Waals surface area contributed by atoms with Crippen LogP contribution in [-0.4, -0.2) is 57.0 Å². The molecule has 2 aliphatic heterocycles. The molecule has 1 aliphatic carbocycles. The van der Waals surface area contributed by atoms with E-state index in [1.54, 1.807) is 6.33 Å². The number of halogens is 3. The van der Waals surface area contributed by atoms with Crippen LogP contribution in [0.15, 0.2) is 30.7 Å². The lowest BCUT2D eigenvalue weighted by molar-refractivity contribution is -0.192. The fourth-order valence-corrected chi connectivity index (χ4v) is 3.51. The molecule has 3 heterocycles. The Kier molecular flexibility index (Phi) is 5.96. The number of rotatable bonds is 4. The van der Waals surface area contributed by atoms with E-state index in [0.717, 1.165) is 48.7 Å². The Morgan fingerprint density at radius 1 is 1.22 bits per heavy atom. The highest BCUT2D eigenvalue weighted by Gasteiger charge is 2.38. The summed E-state index contributed by atoms with van der Waals surface area (Å²) >= 11 is 0. The molecule has 1 aromatic heterocycles. The van der Waals surface area contributed by atoms with E-state index in [1.807, 2.05) is 22.9 Å². The number of ether oxygens (including phenoxy) is 2. The molecule has 5 rings (SSSR count). The second-order valence-electron chi connectivity index (χ2n) is 7.75. The molecule has 1 aromatic carbocycles. The van der Waals surface area contributed by atoms with E-state index >= 15 is 0 Å². The van der Waals surface area contributed by atoms with E-state index in [1.165, 1.54) is 0 Å². The van der Waals surface area contributed by atoms with Crippen molar-refractivity contribution < 1.29 is 37.3 Å². The van der Waals surface area contributed by atoms with Crippen LogP contribution in [0.3, 0.4) is 0 Å². The molecule has 1 amide bonds. The number of carbonyl (C=O) groups is 2. The van der Waals surface area contributed by atoms with Crippen LogP contribution in [0.2, 0.25) is 0 Å². The predicted octanol–water partition coefficient (Wildman–Crippen LogP) is 2.08. The fraction of sp³-hybridized carbons (Fsp3) is 0.450. The zero-order valence-electron chi connectivity index (χ0n) is 16.8. The van der Waals surface area contributed by atoms with Gasteiger partial charge in [-0.25, -0.2) is 9.78 Å². The maximum Gasteiger partial charge on any atom is 0.490 e. The highest BCUT2D eigenvalue weighted by molar-refractivity contribution is 5.81. The lowest BCUT2D eigenvalue weighted by atomic mass is 10.1. The summed E-state index contributed by atoms with van der Waals surface area (Å²) in [6, 6.07) is 6.17. The molecule has 3 aliphatic rings. The molecular weight excluding hydrogens is 433 g/mol. The molecule has 32 heavy (non-hydrogen) atoms. The number of hydrogen-bond donors (Lipinski definition) is 2. The van der Waals surface area contributed by atoms with E-state index in [2.05, 4.69) is 21.3 Å². The molecule has 2 N–H and O–H groups in total. The van der Waals surface area contributed by atoms with Gasteiger partial charge in [-0.1, -0.05) is 6.07 Å². The number of aromatic nitrogens is 2. The van der Waals surface area contributed by atoms with E-state index in [9.17, 15) is 18.0 Å². The van der Waals surface area contributed by atoms with E-state index in [0.29, 0.717) is 12.6 Å². The molecule has 0 radical (unpaired) electrons. The smallest absolute Gasteiger partial charge is 0.475 e. The minimum absolute atomic E-state index is 0.0946. The van der Waals surface area contributed by atoms with Gasteiger partial charge in [-0.2, -0.15) is 13.2 Å². The number of fused-ring (bicyclic) bond motifs is 2. The van der Waals surface area contributed by atoms with Gasteiger partial charge in [0, 0.05) is 31.9 Å². The largest absolute Gasteiger partial charge is 0.490 e. The second kappa shape index (κ2) is 8.69. The average molecular weight is 454 g/mol. The first-order valence-corrected chi connectivity index (χ1v) is 9.93. The summed E-state index contributed by atoms with van der Waals surface area (Å²) in [4.78, 5) is 28.1. The van der Waals surface area contributed by atoms with Gasteiger partial charge in [-0.15, -0.1) is 0 Å². The number of hydrogen-bond acceptors (Lipinski definition) is 6. The number of imidazole rings is 1. The monoisotopic (exact) mass is 454 g/mol. The summed E-state index contributed by atoms with van der Waals surface area (Å²) in [5, 5.41) is 10.2. The topological polar surface area (TPSA) is 106 Å². The number of carboxylic acids is 1. The van der Waals surface area contributed by atoms with Gasteiger partial charge in [0.15, 0.2) is 11.5 Å². The normalized spacial score (nSPS) is 19.5. The Balaban J connectivity index is 0.000000307. The minimum atomic E-state index is -5.08. The van der Waals surface area contributed by atoms with Crippen LogP contribution >= 0.6 is 0 Å². The number of carbonyl (C=O) groups excluding carboxylic acids is 1. The first-order chi connectivity index (χ1) is 15.2. The third-order valence-corrected chi connectivity index (χ3v) is 5.21. The Bertz CT molecular complexity index is 1010. The van der Waals surface area contributed by atoms with Crippen LogP contribution in [0.1, 0.15) is 30.1 Å². The Hall–Kier alpha value is -3.28. The third-order valence-electron chi connectivity index (χ3n) is 5.21. The first-order valence-electron chi connectivity index (χ1n) is 9.93. The number of alkyl halides is 3. The van der Waals surface area contributed by atoms with Crippen molar-refractivity contribution in [2.24, 2.45) is 0 Å². The van der Waals surface area contributed by atoms with Crippen LogP contribution in [0.25, 0.3) is 0 Å². The number of carboxylic acid groups (broad SMARTS) is 1. The Morgan fingerprint density at radius 2 is 1.94 bits per heavy atom. The van der Waals surface area contributed by atoms with Crippen LogP contribution < -0.4 is 14.8 Å². The van der Waals surface area contributed by atoms with Crippen molar-refractivity contribution in [1.29, 1.82) is 0 Å². The van der Waals surface area contributed by atoms with E-state index in [-0.39, 0.29) is 18.7 Å². The zero-order valence-corrected chi connectivity index (χ0v) is 16.8. The molecule has 172 valence electrons. The lowest BCUT2D eigenvalue weighted by Crippen LogP contribution is -2.44. The number of amides is 1. The van der Waals surface area contributed by atoms with Crippen molar-refractivity contribution >= 4 is 11.9 Å². The molecular formula is C20H21F3N4O5. The maximum atomic E-state index is 12.6. The lowest BCUT2D eigenvalue weighted by Gasteiger charge is -2.33. The number of nitrogens with zero attached hydrogens (tertiary/aromatic N) is 3. The fourth-order valence-electron chi connectivity index (χ4n) is 3.51. The van der Waals surface area contributed by atoms with Crippen molar-refractivity contribution in [1.82, 2.24) is 19.8 Å². The third kappa shape index (κ3) is 5.13. The van der Waals surface area contributed by atoms with Crippen LogP contribution in [0.4, 0.5) is 13.2 Å². The summed E-state index contributed by atoms with van der Waals surface area (Å²) in [6.45, 7) is 2.50. The molecule has 0 bridgehead atoms.